The Morgan fingerprint density at radius 2 is 1.83 bits per heavy atom. The van der Waals surface area contributed by atoms with Gasteiger partial charge in [0, 0.05) is 18.7 Å². The van der Waals surface area contributed by atoms with E-state index in [0.29, 0.717) is 22.9 Å². The number of nitrogens with zero attached hydrogens (tertiary/aromatic N) is 2. The van der Waals surface area contributed by atoms with Crippen LogP contribution in [0.3, 0.4) is 0 Å². The highest BCUT2D eigenvalue weighted by atomic mass is 35.5. The van der Waals surface area contributed by atoms with Crippen LogP contribution in [0, 0.1) is 23.2 Å². The van der Waals surface area contributed by atoms with Crippen molar-refractivity contribution in [2.75, 3.05) is 0 Å². The molecule has 7 heteroatoms. The predicted octanol–water partition coefficient (Wildman–Crippen LogP) is 3.75. The fourth-order valence-corrected chi connectivity index (χ4v) is 6.59. The van der Waals surface area contributed by atoms with Crippen molar-refractivity contribution in [1.29, 1.82) is 0 Å². The number of fused-ring (bicyclic) bond motifs is 1. The molecule has 6 rings (SSSR count). The number of amides is 2. The van der Waals surface area contributed by atoms with Crippen LogP contribution in [0.1, 0.15) is 50.6 Å². The summed E-state index contributed by atoms with van der Waals surface area (Å²) in [5.74, 6) is 1.93. The lowest BCUT2D eigenvalue weighted by Gasteiger charge is -2.56. The van der Waals surface area contributed by atoms with E-state index in [-0.39, 0.29) is 11.3 Å². The maximum absolute atomic E-state index is 12.5. The first kappa shape index (κ1) is 18.7. The first-order valence-electron chi connectivity index (χ1n) is 10.4. The minimum absolute atomic E-state index is 0.0958. The van der Waals surface area contributed by atoms with Crippen molar-refractivity contribution in [2.45, 2.75) is 44.9 Å². The van der Waals surface area contributed by atoms with Crippen LogP contribution in [0.4, 0.5) is 0 Å². The second kappa shape index (κ2) is 7.17. The molecule has 0 radical (unpaired) electrons. The fraction of sp³-hybridized carbons (Fsp3) is 0.500. The van der Waals surface area contributed by atoms with E-state index >= 15 is 0 Å². The summed E-state index contributed by atoms with van der Waals surface area (Å²) >= 11 is 6.17. The molecule has 2 N–H and O–H groups in total. The number of carbonyl (C=O) groups excluding carboxylic acids is 2. The van der Waals surface area contributed by atoms with Crippen LogP contribution in [0.25, 0.3) is 11.7 Å². The molecule has 0 spiro atoms. The lowest BCUT2D eigenvalue weighted by molar-refractivity contribution is -0.133. The van der Waals surface area contributed by atoms with Crippen LogP contribution in [-0.2, 0) is 9.59 Å². The second-order valence-electron chi connectivity index (χ2n) is 9.18. The zero-order chi connectivity index (χ0) is 20.0. The largest absolute Gasteiger partial charge is 0.299 e. The zero-order valence-corrected chi connectivity index (χ0v) is 17.0. The number of carbonyl (C=O) groups is 2. The van der Waals surface area contributed by atoms with Gasteiger partial charge in [-0.3, -0.25) is 24.8 Å². The van der Waals surface area contributed by atoms with Crippen LogP contribution in [0.5, 0.6) is 0 Å². The van der Waals surface area contributed by atoms with Crippen molar-refractivity contribution in [1.82, 2.24) is 20.2 Å². The Labute approximate surface area is 174 Å². The SMILES string of the molecule is O=C(/C=C/c1c(Cl)nc2ccccn12)NNC(=O)CC12CC3CC(CC(C3)C1)C2. The normalized spacial score (nSPS) is 30.2. The highest BCUT2D eigenvalue weighted by Gasteiger charge is 2.51. The molecule has 29 heavy (non-hydrogen) atoms. The Kier molecular flexibility index (Phi) is 4.62. The zero-order valence-electron chi connectivity index (χ0n) is 16.2. The van der Waals surface area contributed by atoms with Gasteiger partial charge in [0.05, 0.1) is 5.69 Å². The summed E-state index contributed by atoms with van der Waals surface area (Å²) in [7, 11) is 0. The van der Waals surface area contributed by atoms with Crippen LogP contribution in [0.2, 0.25) is 5.15 Å². The minimum Gasteiger partial charge on any atom is -0.299 e. The number of imidazole rings is 1. The molecule has 0 aromatic carbocycles. The maximum atomic E-state index is 12.5. The topological polar surface area (TPSA) is 75.5 Å². The Bertz CT molecular complexity index is 961. The van der Waals surface area contributed by atoms with E-state index in [0.717, 1.165) is 17.8 Å². The highest BCUT2D eigenvalue weighted by molar-refractivity contribution is 6.31. The molecule has 2 aromatic heterocycles. The number of nitrogens with one attached hydrogen (secondary N) is 2. The van der Waals surface area contributed by atoms with Gasteiger partial charge in [0.2, 0.25) is 5.91 Å². The van der Waals surface area contributed by atoms with Crippen molar-refractivity contribution in [2.24, 2.45) is 23.2 Å². The molecule has 4 saturated carbocycles. The Morgan fingerprint density at radius 3 is 2.52 bits per heavy atom. The van der Waals surface area contributed by atoms with E-state index < -0.39 is 5.91 Å². The van der Waals surface area contributed by atoms with Gasteiger partial charge in [-0.05, 0) is 79.9 Å². The number of pyridine rings is 1. The molecule has 0 aliphatic heterocycles. The van der Waals surface area contributed by atoms with Gasteiger partial charge in [-0.25, -0.2) is 4.98 Å². The molecule has 2 heterocycles. The molecule has 2 amide bonds. The lowest BCUT2D eigenvalue weighted by Crippen LogP contribution is -2.49. The van der Waals surface area contributed by atoms with Crippen LogP contribution in [0.15, 0.2) is 30.5 Å². The fourth-order valence-electron chi connectivity index (χ4n) is 6.35. The molecule has 4 aliphatic carbocycles. The van der Waals surface area contributed by atoms with Gasteiger partial charge in [0.1, 0.15) is 5.65 Å². The molecule has 4 fully saturated rings. The van der Waals surface area contributed by atoms with Crippen LogP contribution >= 0.6 is 11.6 Å². The number of aromatic nitrogens is 2. The van der Waals surface area contributed by atoms with Gasteiger partial charge >= 0.3 is 0 Å². The smallest absolute Gasteiger partial charge is 0.262 e. The summed E-state index contributed by atoms with van der Waals surface area (Å²) in [6.07, 6.45) is 12.9. The van der Waals surface area contributed by atoms with Crippen molar-refractivity contribution in [3.63, 3.8) is 0 Å². The highest BCUT2D eigenvalue weighted by Crippen LogP contribution is 2.61. The van der Waals surface area contributed by atoms with E-state index in [4.69, 9.17) is 11.6 Å². The number of hydrazine groups is 1. The molecule has 2 aromatic rings. The third kappa shape index (κ3) is 3.66. The first-order chi connectivity index (χ1) is 14.0. The Hall–Kier alpha value is -2.34. The lowest BCUT2D eigenvalue weighted by atomic mass is 9.49. The monoisotopic (exact) mass is 412 g/mol. The van der Waals surface area contributed by atoms with Crippen molar-refractivity contribution in [3.8, 4) is 0 Å². The van der Waals surface area contributed by atoms with E-state index in [2.05, 4.69) is 15.8 Å². The summed E-state index contributed by atoms with van der Waals surface area (Å²) in [6, 6.07) is 5.58. The van der Waals surface area contributed by atoms with E-state index in [1.165, 1.54) is 44.6 Å². The standard InChI is InChI=1S/C22H25ClN4O2/c23-21-17(27-6-2-1-3-18(27)24-21)4-5-19(28)25-26-20(29)13-22-10-14-7-15(11-22)9-16(8-14)12-22/h1-6,14-16H,7-13H2,(H,25,28)(H,26,29)/b5-4+. The average Bonchev–Trinajstić information content (AvgIpc) is 2.98. The maximum Gasteiger partial charge on any atom is 0.262 e. The Morgan fingerprint density at radius 1 is 1.14 bits per heavy atom. The molecule has 6 nitrogen and oxygen atoms in total. The van der Waals surface area contributed by atoms with Gasteiger partial charge in [0.15, 0.2) is 5.15 Å². The predicted molar refractivity (Wildman–Crippen MR) is 111 cm³/mol. The van der Waals surface area contributed by atoms with Crippen LogP contribution in [-0.4, -0.2) is 21.2 Å². The van der Waals surface area contributed by atoms with Gasteiger partial charge in [-0.1, -0.05) is 17.7 Å². The van der Waals surface area contributed by atoms with Gasteiger partial charge in [-0.2, -0.15) is 0 Å². The van der Waals surface area contributed by atoms with Crippen LogP contribution < -0.4 is 10.9 Å². The third-order valence-electron chi connectivity index (χ3n) is 6.94. The number of hydrogen-bond acceptors (Lipinski definition) is 3. The summed E-state index contributed by atoms with van der Waals surface area (Å²) in [5, 5.41) is 0.325. The van der Waals surface area contributed by atoms with Crippen molar-refractivity contribution < 1.29 is 9.59 Å². The van der Waals surface area contributed by atoms with Gasteiger partial charge in [-0.15, -0.1) is 0 Å². The summed E-state index contributed by atoms with van der Waals surface area (Å²) in [6.45, 7) is 0. The molecule has 0 atom stereocenters. The summed E-state index contributed by atoms with van der Waals surface area (Å²) in [5.41, 5.74) is 6.58. The molecular formula is C22H25ClN4O2. The number of halogens is 1. The van der Waals surface area contributed by atoms with Gasteiger partial charge in [0.25, 0.3) is 5.91 Å². The molecule has 0 unspecified atom stereocenters. The molecule has 4 aliphatic rings. The second-order valence-corrected chi connectivity index (χ2v) is 9.54. The third-order valence-corrected chi connectivity index (χ3v) is 7.22. The number of hydrogen-bond donors (Lipinski definition) is 2. The number of rotatable bonds is 4. The average molecular weight is 413 g/mol. The molecule has 152 valence electrons. The summed E-state index contributed by atoms with van der Waals surface area (Å²) in [4.78, 5) is 28.9. The van der Waals surface area contributed by atoms with E-state index in [1.807, 2.05) is 24.4 Å². The quantitative estimate of drug-likeness (QED) is 0.593. The van der Waals surface area contributed by atoms with E-state index in [9.17, 15) is 9.59 Å². The molecular weight excluding hydrogens is 388 g/mol. The Balaban J connectivity index is 1.17. The molecule has 4 bridgehead atoms. The molecule has 0 saturated heterocycles. The summed E-state index contributed by atoms with van der Waals surface area (Å²) < 4.78 is 1.80. The van der Waals surface area contributed by atoms with Crippen molar-refractivity contribution >= 4 is 35.1 Å². The first-order valence-corrected chi connectivity index (χ1v) is 10.8. The van der Waals surface area contributed by atoms with E-state index in [1.54, 1.807) is 10.5 Å². The van der Waals surface area contributed by atoms with Crippen molar-refractivity contribution in [3.05, 3.63) is 41.3 Å². The minimum atomic E-state index is -0.397. The van der Waals surface area contributed by atoms with Gasteiger partial charge < -0.3 is 0 Å².